The zero-order chi connectivity index (χ0) is 12.1. The van der Waals surface area contributed by atoms with Crippen molar-refractivity contribution in [3.05, 3.63) is 30.3 Å². The SMILES string of the molecule is NC1CCCCCC1C(=O)Nc1ccccc1. The van der Waals surface area contributed by atoms with Gasteiger partial charge in [0, 0.05) is 11.7 Å². The van der Waals surface area contributed by atoms with Crippen LogP contribution in [0.1, 0.15) is 32.1 Å². The number of para-hydroxylation sites is 1. The number of anilines is 1. The summed E-state index contributed by atoms with van der Waals surface area (Å²) in [6, 6.07) is 9.60. The van der Waals surface area contributed by atoms with Gasteiger partial charge in [-0.15, -0.1) is 0 Å². The fourth-order valence-corrected chi connectivity index (χ4v) is 2.42. The highest BCUT2D eigenvalue weighted by molar-refractivity contribution is 5.92. The van der Waals surface area contributed by atoms with E-state index in [1.54, 1.807) is 0 Å². The zero-order valence-corrected chi connectivity index (χ0v) is 10.1. The summed E-state index contributed by atoms with van der Waals surface area (Å²) in [6.45, 7) is 0. The highest BCUT2D eigenvalue weighted by Crippen LogP contribution is 2.23. The van der Waals surface area contributed by atoms with Crippen LogP contribution in [-0.4, -0.2) is 11.9 Å². The molecule has 0 radical (unpaired) electrons. The second kappa shape index (κ2) is 5.82. The number of hydrogen-bond donors (Lipinski definition) is 2. The lowest BCUT2D eigenvalue weighted by atomic mass is 9.94. The fraction of sp³-hybridized carbons (Fsp3) is 0.500. The molecule has 3 N–H and O–H groups in total. The van der Waals surface area contributed by atoms with Gasteiger partial charge in [0.25, 0.3) is 0 Å². The van der Waals surface area contributed by atoms with Gasteiger partial charge in [-0.1, -0.05) is 37.5 Å². The maximum atomic E-state index is 12.1. The molecule has 0 heterocycles. The third kappa shape index (κ3) is 3.30. The number of hydrogen-bond acceptors (Lipinski definition) is 2. The minimum atomic E-state index is -0.0299. The van der Waals surface area contributed by atoms with Crippen molar-refractivity contribution in [2.45, 2.75) is 38.1 Å². The van der Waals surface area contributed by atoms with Crippen molar-refractivity contribution < 1.29 is 4.79 Å². The van der Waals surface area contributed by atoms with E-state index >= 15 is 0 Å². The molecular formula is C14H20N2O. The van der Waals surface area contributed by atoms with Crippen LogP contribution in [-0.2, 0) is 4.79 Å². The summed E-state index contributed by atoms with van der Waals surface area (Å²) in [5.41, 5.74) is 6.93. The van der Waals surface area contributed by atoms with Crippen LogP contribution in [0.4, 0.5) is 5.69 Å². The molecule has 0 aliphatic heterocycles. The number of rotatable bonds is 2. The third-order valence-electron chi connectivity index (χ3n) is 3.45. The molecule has 1 aromatic carbocycles. The molecule has 2 rings (SSSR count). The van der Waals surface area contributed by atoms with E-state index < -0.39 is 0 Å². The summed E-state index contributed by atoms with van der Waals surface area (Å²) < 4.78 is 0. The lowest BCUT2D eigenvalue weighted by Crippen LogP contribution is -2.37. The van der Waals surface area contributed by atoms with Crippen LogP contribution in [0.5, 0.6) is 0 Å². The van der Waals surface area contributed by atoms with Crippen LogP contribution >= 0.6 is 0 Å². The molecule has 1 aliphatic carbocycles. The van der Waals surface area contributed by atoms with Crippen LogP contribution in [0, 0.1) is 5.92 Å². The first-order valence-corrected chi connectivity index (χ1v) is 6.39. The van der Waals surface area contributed by atoms with Gasteiger partial charge in [-0.3, -0.25) is 4.79 Å². The molecule has 92 valence electrons. The van der Waals surface area contributed by atoms with Gasteiger partial charge in [0.15, 0.2) is 0 Å². The molecule has 0 spiro atoms. The second-order valence-electron chi connectivity index (χ2n) is 4.76. The topological polar surface area (TPSA) is 55.1 Å². The lowest BCUT2D eigenvalue weighted by Gasteiger charge is -2.20. The molecule has 3 heteroatoms. The van der Waals surface area contributed by atoms with Crippen molar-refractivity contribution in [3.63, 3.8) is 0 Å². The van der Waals surface area contributed by atoms with Crippen molar-refractivity contribution >= 4 is 11.6 Å². The molecule has 2 unspecified atom stereocenters. The molecule has 1 fully saturated rings. The Bertz CT molecular complexity index is 364. The average Bonchev–Trinajstić information content (AvgIpc) is 2.55. The van der Waals surface area contributed by atoms with Gasteiger partial charge in [0.05, 0.1) is 5.92 Å². The number of benzene rings is 1. The molecule has 3 nitrogen and oxygen atoms in total. The maximum Gasteiger partial charge on any atom is 0.229 e. The van der Waals surface area contributed by atoms with E-state index in [1.807, 2.05) is 30.3 Å². The molecule has 2 atom stereocenters. The van der Waals surface area contributed by atoms with Crippen molar-refractivity contribution in [1.29, 1.82) is 0 Å². The largest absolute Gasteiger partial charge is 0.327 e. The van der Waals surface area contributed by atoms with Gasteiger partial charge in [-0.2, -0.15) is 0 Å². The van der Waals surface area contributed by atoms with Gasteiger partial charge in [-0.05, 0) is 25.0 Å². The van der Waals surface area contributed by atoms with Gasteiger partial charge in [-0.25, -0.2) is 0 Å². The standard InChI is InChI=1S/C14H20N2O/c15-13-10-6-2-5-9-12(13)14(17)16-11-7-3-1-4-8-11/h1,3-4,7-8,12-13H,2,5-6,9-10,15H2,(H,16,17). The number of nitrogens with two attached hydrogens (primary N) is 1. The Kier molecular flexibility index (Phi) is 4.15. The summed E-state index contributed by atoms with van der Waals surface area (Å²) in [4.78, 5) is 12.1. The molecule has 1 amide bonds. The predicted molar refractivity (Wildman–Crippen MR) is 69.6 cm³/mol. The van der Waals surface area contributed by atoms with Crippen molar-refractivity contribution in [2.24, 2.45) is 11.7 Å². The van der Waals surface area contributed by atoms with Crippen LogP contribution in [0.2, 0.25) is 0 Å². The number of carbonyl (C=O) groups excluding carboxylic acids is 1. The first kappa shape index (κ1) is 12.1. The van der Waals surface area contributed by atoms with E-state index in [4.69, 9.17) is 5.73 Å². The summed E-state index contributed by atoms with van der Waals surface area (Å²) >= 11 is 0. The lowest BCUT2D eigenvalue weighted by molar-refractivity contribution is -0.120. The van der Waals surface area contributed by atoms with E-state index in [2.05, 4.69) is 5.32 Å². The van der Waals surface area contributed by atoms with E-state index in [0.29, 0.717) is 0 Å². The zero-order valence-electron chi connectivity index (χ0n) is 10.1. The van der Waals surface area contributed by atoms with Gasteiger partial charge >= 0.3 is 0 Å². The van der Waals surface area contributed by atoms with Gasteiger partial charge < -0.3 is 11.1 Å². The van der Waals surface area contributed by atoms with Crippen LogP contribution < -0.4 is 11.1 Å². The smallest absolute Gasteiger partial charge is 0.229 e. The molecule has 0 aromatic heterocycles. The average molecular weight is 232 g/mol. The summed E-state index contributed by atoms with van der Waals surface area (Å²) in [7, 11) is 0. The van der Waals surface area contributed by atoms with Crippen LogP contribution in [0.3, 0.4) is 0 Å². The summed E-state index contributed by atoms with van der Waals surface area (Å²) in [6.07, 6.45) is 5.34. The van der Waals surface area contributed by atoms with E-state index in [1.165, 1.54) is 6.42 Å². The van der Waals surface area contributed by atoms with Crippen molar-refractivity contribution in [1.82, 2.24) is 0 Å². The van der Waals surface area contributed by atoms with Crippen molar-refractivity contribution in [3.8, 4) is 0 Å². The minimum Gasteiger partial charge on any atom is -0.327 e. The highest BCUT2D eigenvalue weighted by Gasteiger charge is 2.26. The highest BCUT2D eigenvalue weighted by atomic mass is 16.1. The molecular weight excluding hydrogens is 212 g/mol. The van der Waals surface area contributed by atoms with Crippen LogP contribution in [0.25, 0.3) is 0 Å². The molecule has 1 aliphatic rings. The molecule has 1 saturated carbocycles. The van der Waals surface area contributed by atoms with Crippen molar-refractivity contribution in [2.75, 3.05) is 5.32 Å². The van der Waals surface area contributed by atoms with E-state index in [0.717, 1.165) is 31.4 Å². The summed E-state index contributed by atoms with van der Waals surface area (Å²) in [5, 5.41) is 2.95. The predicted octanol–water partition coefficient (Wildman–Crippen LogP) is 2.53. The Morgan fingerprint density at radius 3 is 2.59 bits per heavy atom. The number of carbonyl (C=O) groups is 1. The normalized spacial score (nSPS) is 25.0. The summed E-state index contributed by atoms with van der Waals surface area (Å²) in [5.74, 6) is 0.0447. The monoisotopic (exact) mass is 232 g/mol. The Morgan fingerprint density at radius 2 is 1.82 bits per heavy atom. The van der Waals surface area contributed by atoms with E-state index in [-0.39, 0.29) is 17.9 Å². The Labute approximate surface area is 102 Å². The maximum absolute atomic E-state index is 12.1. The minimum absolute atomic E-state index is 0.0150. The van der Waals surface area contributed by atoms with Gasteiger partial charge in [0.1, 0.15) is 0 Å². The third-order valence-corrected chi connectivity index (χ3v) is 3.45. The van der Waals surface area contributed by atoms with Gasteiger partial charge in [0.2, 0.25) is 5.91 Å². The number of amides is 1. The fourth-order valence-electron chi connectivity index (χ4n) is 2.42. The molecule has 1 aromatic rings. The Balaban J connectivity index is 1.99. The van der Waals surface area contributed by atoms with Crippen LogP contribution in [0.15, 0.2) is 30.3 Å². The first-order valence-electron chi connectivity index (χ1n) is 6.39. The number of nitrogens with one attached hydrogen (secondary N) is 1. The molecule has 0 saturated heterocycles. The first-order chi connectivity index (χ1) is 8.27. The molecule has 17 heavy (non-hydrogen) atoms. The Morgan fingerprint density at radius 1 is 1.12 bits per heavy atom. The quantitative estimate of drug-likeness (QED) is 0.770. The van der Waals surface area contributed by atoms with E-state index in [9.17, 15) is 4.79 Å². The second-order valence-corrected chi connectivity index (χ2v) is 4.76. The Hall–Kier alpha value is -1.35. The molecule has 0 bridgehead atoms.